The fraction of sp³-hybridized carbons (Fsp3) is 0.364. The Hall–Kier alpha value is -0.960. The van der Waals surface area contributed by atoms with Crippen molar-refractivity contribution < 1.29 is 9.90 Å². The average molecular weight is 210 g/mol. The highest BCUT2D eigenvalue weighted by molar-refractivity contribution is 7.99. The zero-order chi connectivity index (χ0) is 10.4. The van der Waals surface area contributed by atoms with Crippen LogP contribution in [-0.4, -0.2) is 16.8 Å². The summed E-state index contributed by atoms with van der Waals surface area (Å²) in [6, 6.07) is 9.80. The summed E-state index contributed by atoms with van der Waals surface area (Å²) in [6.07, 6.45) is 0.197. The van der Waals surface area contributed by atoms with E-state index in [1.165, 1.54) is 0 Å². The Bertz CT molecular complexity index is 285. The molecule has 0 amide bonds. The number of hydrogen-bond donors (Lipinski definition) is 1. The van der Waals surface area contributed by atoms with Crippen LogP contribution < -0.4 is 0 Å². The van der Waals surface area contributed by atoms with Crippen LogP contribution in [0.3, 0.4) is 0 Å². The number of carboxylic acid groups (broad SMARTS) is 1. The van der Waals surface area contributed by atoms with E-state index in [1.807, 2.05) is 37.3 Å². The van der Waals surface area contributed by atoms with Gasteiger partial charge in [0.25, 0.3) is 0 Å². The third kappa shape index (κ3) is 3.42. The van der Waals surface area contributed by atoms with Crippen molar-refractivity contribution in [1.82, 2.24) is 0 Å². The summed E-state index contributed by atoms with van der Waals surface area (Å²) in [5.74, 6) is 0.201. The molecule has 0 aromatic heterocycles. The molecule has 0 aliphatic carbocycles. The largest absolute Gasteiger partial charge is 0.481 e. The van der Waals surface area contributed by atoms with Crippen LogP contribution in [0.15, 0.2) is 30.3 Å². The third-order valence-electron chi connectivity index (χ3n) is 1.90. The first kappa shape index (κ1) is 11.1. The molecule has 2 nitrogen and oxygen atoms in total. The summed E-state index contributed by atoms with van der Waals surface area (Å²) in [4.78, 5) is 10.6. The molecular formula is C11H14O2S. The van der Waals surface area contributed by atoms with Crippen molar-refractivity contribution in [2.24, 2.45) is 0 Å². The maximum Gasteiger partial charge on any atom is 0.304 e. The summed E-state index contributed by atoms with van der Waals surface area (Å²) in [5, 5.41) is 8.84. The van der Waals surface area contributed by atoms with E-state index < -0.39 is 5.97 Å². The summed E-state index contributed by atoms with van der Waals surface area (Å²) in [7, 11) is 0. The second-order valence-electron chi connectivity index (χ2n) is 2.95. The van der Waals surface area contributed by atoms with Crippen LogP contribution >= 0.6 is 11.8 Å². The lowest BCUT2D eigenvalue weighted by Gasteiger charge is -2.13. The molecule has 0 aliphatic heterocycles. The molecule has 1 atom stereocenters. The fourth-order valence-corrected chi connectivity index (χ4v) is 2.31. The molecule has 0 spiro atoms. The second kappa shape index (κ2) is 5.70. The van der Waals surface area contributed by atoms with Crippen molar-refractivity contribution in [1.29, 1.82) is 0 Å². The van der Waals surface area contributed by atoms with E-state index in [9.17, 15) is 4.79 Å². The van der Waals surface area contributed by atoms with Crippen LogP contribution in [-0.2, 0) is 4.79 Å². The zero-order valence-electron chi connectivity index (χ0n) is 8.14. The molecule has 0 saturated heterocycles. The lowest BCUT2D eigenvalue weighted by molar-refractivity contribution is -0.137. The number of rotatable bonds is 5. The Balaban J connectivity index is 2.72. The van der Waals surface area contributed by atoms with Gasteiger partial charge in [0.05, 0.1) is 6.42 Å². The Labute approximate surface area is 88.3 Å². The molecule has 1 unspecified atom stereocenters. The molecule has 3 heteroatoms. The summed E-state index contributed by atoms with van der Waals surface area (Å²) >= 11 is 1.68. The van der Waals surface area contributed by atoms with E-state index in [0.29, 0.717) is 0 Å². The molecule has 0 heterocycles. The maximum absolute atomic E-state index is 10.6. The highest BCUT2D eigenvalue weighted by Crippen LogP contribution is 2.31. The van der Waals surface area contributed by atoms with Gasteiger partial charge < -0.3 is 5.11 Å². The first-order valence-electron chi connectivity index (χ1n) is 4.62. The number of benzene rings is 1. The Kier molecular flexibility index (Phi) is 4.53. The molecule has 0 fully saturated rings. The predicted octanol–water partition coefficient (Wildman–Crippen LogP) is 2.96. The molecule has 1 aromatic carbocycles. The molecule has 1 aromatic rings. The van der Waals surface area contributed by atoms with Crippen molar-refractivity contribution in [3.05, 3.63) is 35.9 Å². The van der Waals surface area contributed by atoms with Crippen LogP contribution in [0.5, 0.6) is 0 Å². The van der Waals surface area contributed by atoms with E-state index >= 15 is 0 Å². The van der Waals surface area contributed by atoms with E-state index in [2.05, 4.69) is 0 Å². The molecule has 0 aliphatic rings. The standard InChI is InChI=1S/C11H14O2S/c1-2-14-10(8-11(12)13)9-6-4-3-5-7-9/h3-7,10H,2,8H2,1H3,(H,12,13). The molecule has 0 bridgehead atoms. The van der Waals surface area contributed by atoms with Crippen LogP contribution in [0, 0.1) is 0 Å². The molecular weight excluding hydrogens is 196 g/mol. The second-order valence-corrected chi connectivity index (χ2v) is 4.43. The summed E-state index contributed by atoms with van der Waals surface area (Å²) < 4.78 is 0. The monoisotopic (exact) mass is 210 g/mol. The molecule has 1 N–H and O–H groups in total. The van der Waals surface area contributed by atoms with Gasteiger partial charge in [0.15, 0.2) is 0 Å². The molecule has 0 saturated carbocycles. The van der Waals surface area contributed by atoms with Gasteiger partial charge in [-0.25, -0.2) is 0 Å². The highest BCUT2D eigenvalue weighted by Gasteiger charge is 2.14. The van der Waals surface area contributed by atoms with E-state index in [1.54, 1.807) is 11.8 Å². The van der Waals surface area contributed by atoms with Crippen LogP contribution in [0.25, 0.3) is 0 Å². The first-order valence-corrected chi connectivity index (χ1v) is 5.67. The first-order chi connectivity index (χ1) is 6.74. The van der Waals surface area contributed by atoms with Crippen molar-refractivity contribution in [3.8, 4) is 0 Å². The summed E-state index contributed by atoms with van der Waals surface area (Å²) in [5.41, 5.74) is 1.10. The Morgan fingerprint density at radius 1 is 1.43 bits per heavy atom. The van der Waals surface area contributed by atoms with Gasteiger partial charge >= 0.3 is 5.97 Å². The number of hydrogen-bond acceptors (Lipinski definition) is 2. The molecule has 76 valence electrons. The lowest BCUT2D eigenvalue weighted by atomic mass is 10.1. The van der Waals surface area contributed by atoms with Crippen molar-refractivity contribution in [2.45, 2.75) is 18.6 Å². The lowest BCUT2D eigenvalue weighted by Crippen LogP contribution is -2.03. The van der Waals surface area contributed by atoms with Gasteiger partial charge in [-0.05, 0) is 11.3 Å². The Morgan fingerprint density at radius 2 is 2.07 bits per heavy atom. The Morgan fingerprint density at radius 3 is 2.57 bits per heavy atom. The summed E-state index contributed by atoms with van der Waals surface area (Å²) in [6.45, 7) is 2.04. The zero-order valence-corrected chi connectivity index (χ0v) is 8.96. The van der Waals surface area contributed by atoms with Gasteiger partial charge in [-0.15, -0.1) is 0 Å². The fourth-order valence-electron chi connectivity index (χ4n) is 1.30. The quantitative estimate of drug-likeness (QED) is 0.811. The third-order valence-corrected chi connectivity index (χ3v) is 3.07. The van der Waals surface area contributed by atoms with Gasteiger partial charge in [0.1, 0.15) is 0 Å². The van der Waals surface area contributed by atoms with Gasteiger partial charge in [0, 0.05) is 5.25 Å². The number of carbonyl (C=O) groups is 1. The van der Waals surface area contributed by atoms with Crippen LogP contribution in [0.4, 0.5) is 0 Å². The molecule has 14 heavy (non-hydrogen) atoms. The van der Waals surface area contributed by atoms with E-state index in [0.717, 1.165) is 11.3 Å². The minimum absolute atomic E-state index is 0.0821. The highest BCUT2D eigenvalue weighted by atomic mass is 32.2. The minimum atomic E-state index is -0.736. The van der Waals surface area contributed by atoms with E-state index in [-0.39, 0.29) is 11.7 Å². The SMILES string of the molecule is CCSC(CC(=O)O)c1ccccc1. The van der Waals surface area contributed by atoms with Gasteiger partial charge in [-0.3, -0.25) is 4.79 Å². The van der Waals surface area contributed by atoms with Crippen LogP contribution in [0.1, 0.15) is 24.2 Å². The number of carboxylic acids is 1. The van der Waals surface area contributed by atoms with Gasteiger partial charge in [0.2, 0.25) is 0 Å². The van der Waals surface area contributed by atoms with Crippen molar-refractivity contribution in [2.75, 3.05) is 5.75 Å². The van der Waals surface area contributed by atoms with Gasteiger partial charge in [-0.2, -0.15) is 11.8 Å². The van der Waals surface area contributed by atoms with Gasteiger partial charge in [-0.1, -0.05) is 37.3 Å². The topological polar surface area (TPSA) is 37.3 Å². The minimum Gasteiger partial charge on any atom is -0.481 e. The predicted molar refractivity (Wildman–Crippen MR) is 59.6 cm³/mol. The number of thioether (sulfide) groups is 1. The van der Waals surface area contributed by atoms with Crippen molar-refractivity contribution >= 4 is 17.7 Å². The molecule has 1 rings (SSSR count). The van der Waals surface area contributed by atoms with Crippen LogP contribution in [0.2, 0.25) is 0 Å². The smallest absolute Gasteiger partial charge is 0.304 e. The normalized spacial score (nSPS) is 12.4. The average Bonchev–Trinajstić information content (AvgIpc) is 2.18. The van der Waals surface area contributed by atoms with Crippen molar-refractivity contribution in [3.63, 3.8) is 0 Å². The molecule has 0 radical (unpaired) electrons. The van der Waals surface area contributed by atoms with E-state index in [4.69, 9.17) is 5.11 Å². The number of aliphatic carboxylic acids is 1. The maximum atomic E-state index is 10.6.